The van der Waals surface area contributed by atoms with Crippen molar-refractivity contribution in [3.05, 3.63) is 71.0 Å². The van der Waals surface area contributed by atoms with E-state index >= 15 is 0 Å². The number of carbonyl (C=O) groups excluding carboxylic acids is 2. The lowest BCUT2D eigenvalue weighted by molar-refractivity contribution is -0.150. The topological polar surface area (TPSA) is 40.6 Å². The molecule has 2 aliphatic heterocycles. The summed E-state index contributed by atoms with van der Waals surface area (Å²) in [5, 5.41) is 0. The van der Waals surface area contributed by atoms with E-state index in [1.54, 1.807) is 17.0 Å². The molecule has 0 aliphatic carbocycles. The number of aryl methyl sites for hydroxylation is 1. The van der Waals surface area contributed by atoms with Crippen molar-refractivity contribution in [3.8, 4) is 0 Å². The lowest BCUT2D eigenvalue weighted by Gasteiger charge is -2.49. The van der Waals surface area contributed by atoms with Crippen LogP contribution in [-0.2, 0) is 21.4 Å². The number of halogens is 1. The number of piperazine rings is 1. The summed E-state index contributed by atoms with van der Waals surface area (Å²) in [6, 6.07) is 14.4. The Bertz CT molecular complexity index is 907. The molecule has 0 N–H and O–H groups in total. The smallest absolute Gasteiger partial charge is 0.242 e. The molecule has 0 saturated carbocycles. The monoisotopic (exact) mass is 380 g/mol. The molecule has 4 nitrogen and oxygen atoms in total. The van der Waals surface area contributed by atoms with E-state index in [2.05, 4.69) is 26.0 Å². The molecular formula is C23H25FN2O2. The van der Waals surface area contributed by atoms with Crippen LogP contribution in [0.1, 0.15) is 43.0 Å². The molecule has 2 heterocycles. The predicted octanol–water partition coefficient (Wildman–Crippen LogP) is 3.46. The third kappa shape index (κ3) is 3.41. The first kappa shape index (κ1) is 18.7. The lowest BCUT2D eigenvalue weighted by atomic mass is 9.75. The Kier molecular flexibility index (Phi) is 4.69. The summed E-state index contributed by atoms with van der Waals surface area (Å²) in [7, 11) is 0. The van der Waals surface area contributed by atoms with E-state index < -0.39 is 0 Å². The van der Waals surface area contributed by atoms with Gasteiger partial charge in [0.1, 0.15) is 5.82 Å². The number of rotatable bonds is 3. The first-order valence-electron chi connectivity index (χ1n) is 9.76. The van der Waals surface area contributed by atoms with Gasteiger partial charge in [0.2, 0.25) is 11.8 Å². The van der Waals surface area contributed by atoms with Gasteiger partial charge in [0.25, 0.3) is 0 Å². The molecule has 1 unspecified atom stereocenters. The highest BCUT2D eigenvalue weighted by atomic mass is 19.1. The average molecular weight is 380 g/mol. The van der Waals surface area contributed by atoms with Crippen LogP contribution < -0.4 is 0 Å². The van der Waals surface area contributed by atoms with Gasteiger partial charge in [-0.2, -0.15) is 0 Å². The van der Waals surface area contributed by atoms with E-state index in [1.807, 2.05) is 17.0 Å². The summed E-state index contributed by atoms with van der Waals surface area (Å²) < 4.78 is 13.0. The number of hydrogen-bond donors (Lipinski definition) is 0. The van der Waals surface area contributed by atoms with Gasteiger partial charge >= 0.3 is 0 Å². The van der Waals surface area contributed by atoms with Gasteiger partial charge in [-0.1, -0.05) is 50.2 Å². The molecule has 28 heavy (non-hydrogen) atoms. The third-order valence-electron chi connectivity index (χ3n) is 5.92. The molecule has 0 radical (unpaired) electrons. The van der Waals surface area contributed by atoms with Gasteiger partial charge < -0.3 is 9.80 Å². The Morgan fingerprint density at radius 1 is 1.14 bits per heavy atom. The molecule has 0 aromatic heterocycles. The van der Waals surface area contributed by atoms with E-state index in [9.17, 15) is 14.0 Å². The number of carbonyl (C=O) groups is 2. The minimum Gasteiger partial charge on any atom is -0.331 e. The van der Waals surface area contributed by atoms with E-state index in [-0.39, 0.29) is 35.6 Å². The summed E-state index contributed by atoms with van der Waals surface area (Å²) >= 11 is 0. The Morgan fingerprint density at radius 3 is 2.61 bits per heavy atom. The summed E-state index contributed by atoms with van der Waals surface area (Å²) in [6.07, 6.45) is 0.862. The fourth-order valence-corrected chi connectivity index (χ4v) is 4.43. The Morgan fingerprint density at radius 2 is 1.86 bits per heavy atom. The quantitative estimate of drug-likeness (QED) is 0.818. The first-order chi connectivity index (χ1) is 13.3. The second-order valence-corrected chi connectivity index (χ2v) is 8.41. The minimum absolute atomic E-state index is 0.00830. The van der Waals surface area contributed by atoms with Crippen LogP contribution in [0.5, 0.6) is 0 Å². The molecular weight excluding hydrogens is 355 g/mol. The van der Waals surface area contributed by atoms with Gasteiger partial charge in [0.15, 0.2) is 0 Å². The van der Waals surface area contributed by atoms with Gasteiger partial charge in [0, 0.05) is 24.9 Å². The van der Waals surface area contributed by atoms with Crippen LogP contribution in [0.25, 0.3) is 0 Å². The van der Waals surface area contributed by atoms with Crippen molar-refractivity contribution in [1.29, 1.82) is 0 Å². The molecule has 2 aliphatic rings. The van der Waals surface area contributed by atoms with Crippen molar-refractivity contribution in [3.63, 3.8) is 0 Å². The third-order valence-corrected chi connectivity index (χ3v) is 5.92. The Hall–Kier alpha value is -2.69. The lowest BCUT2D eigenvalue weighted by Crippen LogP contribution is -2.58. The minimum atomic E-state index is -0.282. The molecule has 2 aromatic carbocycles. The van der Waals surface area contributed by atoms with Gasteiger partial charge in [-0.15, -0.1) is 0 Å². The maximum absolute atomic E-state index is 13.0. The SMILES string of the molecule is CC1(C)CN2C(=O)CN(C(=O)CCc3ccc(F)cc3)CC2c2ccccc21. The summed E-state index contributed by atoms with van der Waals surface area (Å²) in [6.45, 7) is 5.66. The zero-order chi connectivity index (χ0) is 19.9. The van der Waals surface area contributed by atoms with Crippen molar-refractivity contribution < 1.29 is 14.0 Å². The van der Waals surface area contributed by atoms with Gasteiger partial charge in [-0.25, -0.2) is 4.39 Å². The van der Waals surface area contributed by atoms with Gasteiger partial charge in [-0.3, -0.25) is 9.59 Å². The molecule has 4 rings (SSSR count). The standard InChI is InChI=1S/C23H25FN2O2/c1-23(2)15-26-20(18-5-3-4-6-19(18)23)13-25(14-22(26)28)21(27)12-9-16-7-10-17(24)11-8-16/h3-8,10-11,20H,9,12-15H2,1-2H3. The summed E-state index contributed by atoms with van der Waals surface area (Å²) in [4.78, 5) is 29.2. The first-order valence-corrected chi connectivity index (χ1v) is 9.76. The summed E-state index contributed by atoms with van der Waals surface area (Å²) in [5.74, 6) is -0.302. The molecule has 0 spiro atoms. The second-order valence-electron chi connectivity index (χ2n) is 8.41. The van der Waals surface area contributed by atoms with Crippen LogP contribution in [0, 0.1) is 5.82 Å². The van der Waals surface area contributed by atoms with Crippen LogP contribution in [0.2, 0.25) is 0 Å². The van der Waals surface area contributed by atoms with E-state index in [0.717, 1.165) is 11.1 Å². The second kappa shape index (κ2) is 7.04. The Labute approximate surface area is 164 Å². The van der Waals surface area contributed by atoms with Gasteiger partial charge in [0.05, 0.1) is 12.6 Å². The van der Waals surface area contributed by atoms with Crippen LogP contribution >= 0.6 is 0 Å². The van der Waals surface area contributed by atoms with Crippen molar-refractivity contribution in [2.75, 3.05) is 19.6 Å². The maximum Gasteiger partial charge on any atom is 0.242 e. The number of benzene rings is 2. The van der Waals surface area contributed by atoms with Gasteiger partial charge in [-0.05, 0) is 35.2 Å². The summed E-state index contributed by atoms with van der Waals surface area (Å²) in [5.41, 5.74) is 3.22. The maximum atomic E-state index is 13.0. The fraction of sp³-hybridized carbons (Fsp3) is 0.391. The molecule has 1 saturated heterocycles. The molecule has 1 atom stereocenters. The van der Waals surface area contributed by atoms with Crippen molar-refractivity contribution in [2.24, 2.45) is 0 Å². The number of amides is 2. The van der Waals surface area contributed by atoms with Crippen LogP contribution in [0.4, 0.5) is 4.39 Å². The molecule has 1 fully saturated rings. The van der Waals surface area contributed by atoms with Crippen molar-refractivity contribution >= 4 is 11.8 Å². The largest absolute Gasteiger partial charge is 0.331 e. The fourth-order valence-electron chi connectivity index (χ4n) is 4.43. The normalized spacial score (nSPS) is 20.5. The molecule has 2 amide bonds. The van der Waals surface area contributed by atoms with E-state index in [4.69, 9.17) is 0 Å². The van der Waals surface area contributed by atoms with E-state index in [0.29, 0.717) is 25.9 Å². The van der Waals surface area contributed by atoms with Crippen LogP contribution in [0.15, 0.2) is 48.5 Å². The van der Waals surface area contributed by atoms with Crippen molar-refractivity contribution in [1.82, 2.24) is 9.80 Å². The Balaban J connectivity index is 1.51. The number of fused-ring (bicyclic) bond motifs is 3. The van der Waals surface area contributed by atoms with Crippen LogP contribution in [-0.4, -0.2) is 41.2 Å². The highest BCUT2D eigenvalue weighted by Crippen LogP contribution is 2.41. The number of hydrogen-bond acceptors (Lipinski definition) is 2. The zero-order valence-corrected chi connectivity index (χ0v) is 16.3. The zero-order valence-electron chi connectivity index (χ0n) is 16.3. The highest BCUT2D eigenvalue weighted by Gasteiger charge is 2.43. The number of nitrogens with zero attached hydrogens (tertiary/aromatic N) is 2. The highest BCUT2D eigenvalue weighted by molar-refractivity contribution is 5.87. The van der Waals surface area contributed by atoms with Crippen LogP contribution in [0.3, 0.4) is 0 Å². The van der Waals surface area contributed by atoms with E-state index in [1.165, 1.54) is 17.7 Å². The average Bonchev–Trinajstić information content (AvgIpc) is 2.68. The van der Waals surface area contributed by atoms with Crippen molar-refractivity contribution in [2.45, 2.75) is 38.1 Å². The molecule has 146 valence electrons. The predicted molar refractivity (Wildman–Crippen MR) is 105 cm³/mol. The molecule has 0 bridgehead atoms. The molecule has 2 aromatic rings. The molecule has 5 heteroatoms.